The molecule has 3 nitrogen and oxygen atoms in total. The molecule has 90 valence electrons. The molecule has 18 heavy (non-hydrogen) atoms. The Morgan fingerprint density at radius 1 is 1.06 bits per heavy atom. The number of hydrogen-bond donors (Lipinski definition) is 1. The highest BCUT2D eigenvalue weighted by atomic mass is 79.9. The molecule has 0 radical (unpaired) electrons. The lowest BCUT2D eigenvalue weighted by Crippen LogP contribution is -1.84. The standard InChI is InChI=1S/C14H12BrN3/c1-8-3-5-11(15)10(7-8)13-17-12-6-4-9(2)16-14(12)18-13/h3-7H,1-2H3,(H,16,17,18). The predicted molar refractivity (Wildman–Crippen MR) is 76.5 cm³/mol. The molecule has 3 aromatic rings. The van der Waals surface area contributed by atoms with E-state index in [9.17, 15) is 0 Å². The SMILES string of the molecule is Cc1ccc(Br)c(-c2nc3nc(C)ccc3[nH]2)c1. The normalized spacial score (nSPS) is 11.1. The number of imidazole rings is 1. The van der Waals surface area contributed by atoms with Gasteiger partial charge in [-0.3, -0.25) is 0 Å². The van der Waals surface area contributed by atoms with Crippen LogP contribution in [-0.4, -0.2) is 15.0 Å². The fourth-order valence-electron chi connectivity index (χ4n) is 1.94. The third kappa shape index (κ3) is 1.93. The first-order valence-electron chi connectivity index (χ1n) is 5.73. The molecule has 0 fully saturated rings. The number of aromatic nitrogens is 3. The van der Waals surface area contributed by atoms with Gasteiger partial charge >= 0.3 is 0 Å². The first-order valence-corrected chi connectivity index (χ1v) is 6.53. The molecular weight excluding hydrogens is 290 g/mol. The monoisotopic (exact) mass is 301 g/mol. The van der Waals surface area contributed by atoms with Crippen LogP contribution in [0.1, 0.15) is 11.3 Å². The molecule has 0 amide bonds. The Balaban J connectivity index is 2.22. The predicted octanol–water partition coefficient (Wildman–Crippen LogP) is 4.00. The van der Waals surface area contributed by atoms with E-state index in [4.69, 9.17) is 0 Å². The molecule has 2 aromatic heterocycles. The van der Waals surface area contributed by atoms with Gasteiger partial charge in [-0.25, -0.2) is 9.97 Å². The maximum atomic E-state index is 4.55. The second-order valence-corrected chi connectivity index (χ2v) is 5.25. The van der Waals surface area contributed by atoms with Gasteiger partial charge < -0.3 is 4.98 Å². The number of nitrogens with zero attached hydrogens (tertiary/aromatic N) is 2. The van der Waals surface area contributed by atoms with E-state index in [-0.39, 0.29) is 0 Å². The van der Waals surface area contributed by atoms with Gasteiger partial charge in [-0.05, 0) is 38.1 Å². The number of nitrogens with one attached hydrogen (secondary N) is 1. The largest absolute Gasteiger partial charge is 0.337 e. The number of aromatic amines is 1. The van der Waals surface area contributed by atoms with Crippen molar-refractivity contribution in [2.24, 2.45) is 0 Å². The molecular formula is C14H12BrN3. The molecule has 1 N–H and O–H groups in total. The number of halogens is 1. The average molecular weight is 302 g/mol. The summed E-state index contributed by atoms with van der Waals surface area (Å²) < 4.78 is 1.03. The summed E-state index contributed by atoms with van der Waals surface area (Å²) in [7, 11) is 0. The summed E-state index contributed by atoms with van der Waals surface area (Å²) in [5.41, 5.74) is 4.97. The van der Waals surface area contributed by atoms with Crippen LogP contribution in [0.4, 0.5) is 0 Å². The van der Waals surface area contributed by atoms with Crippen LogP contribution in [0.3, 0.4) is 0 Å². The summed E-state index contributed by atoms with van der Waals surface area (Å²) in [4.78, 5) is 12.3. The van der Waals surface area contributed by atoms with Crippen molar-refractivity contribution in [2.75, 3.05) is 0 Å². The molecule has 0 unspecified atom stereocenters. The molecule has 4 heteroatoms. The Morgan fingerprint density at radius 3 is 2.72 bits per heavy atom. The lowest BCUT2D eigenvalue weighted by molar-refractivity contribution is 1.22. The van der Waals surface area contributed by atoms with E-state index in [1.54, 1.807) is 0 Å². The van der Waals surface area contributed by atoms with Crippen molar-refractivity contribution in [3.63, 3.8) is 0 Å². The van der Waals surface area contributed by atoms with Crippen LogP contribution in [0.15, 0.2) is 34.8 Å². The zero-order chi connectivity index (χ0) is 12.7. The molecule has 0 spiro atoms. The fourth-order valence-corrected chi connectivity index (χ4v) is 2.37. The molecule has 3 rings (SSSR count). The number of H-pyrrole nitrogens is 1. The Bertz CT molecular complexity index is 731. The molecule has 0 aliphatic carbocycles. The van der Waals surface area contributed by atoms with Crippen molar-refractivity contribution in [2.45, 2.75) is 13.8 Å². The van der Waals surface area contributed by atoms with E-state index in [0.29, 0.717) is 0 Å². The van der Waals surface area contributed by atoms with Gasteiger partial charge in [0, 0.05) is 15.7 Å². The van der Waals surface area contributed by atoms with Gasteiger partial charge in [0.15, 0.2) is 5.65 Å². The number of fused-ring (bicyclic) bond motifs is 1. The van der Waals surface area contributed by atoms with E-state index in [2.05, 4.69) is 49.9 Å². The molecule has 0 bridgehead atoms. The van der Waals surface area contributed by atoms with Crippen molar-refractivity contribution >= 4 is 27.1 Å². The number of pyridine rings is 1. The fraction of sp³-hybridized carbons (Fsp3) is 0.143. The van der Waals surface area contributed by atoms with Gasteiger partial charge in [0.25, 0.3) is 0 Å². The molecule has 2 heterocycles. The van der Waals surface area contributed by atoms with Crippen molar-refractivity contribution < 1.29 is 0 Å². The lowest BCUT2D eigenvalue weighted by atomic mass is 10.1. The van der Waals surface area contributed by atoms with Crippen molar-refractivity contribution in [1.29, 1.82) is 0 Å². The second-order valence-electron chi connectivity index (χ2n) is 4.39. The molecule has 1 aromatic carbocycles. The van der Waals surface area contributed by atoms with Crippen LogP contribution in [-0.2, 0) is 0 Å². The number of hydrogen-bond acceptors (Lipinski definition) is 2. The quantitative estimate of drug-likeness (QED) is 0.738. The summed E-state index contributed by atoms with van der Waals surface area (Å²) in [6, 6.07) is 10.2. The number of rotatable bonds is 1. The van der Waals surface area contributed by atoms with E-state index in [1.165, 1.54) is 5.56 Å². The van der Waals surface area contributed by atoms with Gasteiger partial charge in [-0.15, -0.1) is 0 Å². The minimum atomic E-state index is 0.762. The Hall–Kier alpha value is -1.68. The smallest absolute Gasteiger partial charge is 0.178 e. The topological polar surface area (TPSA) is 41.6 Å². The second kappa shape index (κ2) is 4.21. The van der Waals surface area contributed by atoms with Crippen molar-refractivity contribution in [3.8, 4) is 11.4 Å². The average Bonchev–Trinajstić information content (AvgIpc) is 2.74. The van der Waals surface area contributed by atoms with Gasteiger partial charge in [-0.1, -0.05) is 27.6 Å². The molecule has 0 atom stereocenters. The zero-order valence-corrected chi connectivity index (χ0v) is 11.7. The van der Waals surface area contributed by atoms with E-state index >= 15 is 0 Å². The third-order valence-corrected chi connectivity index (χ3v) is 3.55. The summed E-state index contributed by atoms with van der Waals surface area (Å²) in [6.07, 6.45) is 0. The van der Waals surface area contributed by atoms with Crippen LogP contribution in [0.25, 0.3) is 22.6 Å². The van der Waals surface area contributed by atoms with Gasteiger partial charge in [0.1, 0.15) is 5.82 Å². The van der Waals surface area contributed by atoms with E-state index < -0.39 is 0 Å². The third-order valence-electron chi connectivity index (χ3n) is 2.86. The number of aryl methyl sites for hydroxylation is 2. The molecule has 0 aliphatic rings. The summed E-state index contributed by atoms with van der Waals surface area (Å²) in [5.74, 6) is 0.846. The minimum Gasteiger partial charge on any atom is -0.337 e. The Morgan fingerprint density at radius 2 is 1.89 bits per heavy atom. The van der Waals surface area contributed by atoms with Crippen LogP contribution < -0.4 is 0 Å². The zero-order valence-electron chi connectivity index (χ0n) is 10.2. The van der Waals surface area contributed by atoms with E-state index in [1.807, 2.05) is 25.1 Å². The summed E-state index contributed by atoms with van der Waals surface area (Å²) in [6.45, 7) is 4.04. The first-order chi connectivity index (χ1) is 8.63. The van der Waals surface area contributed by atoms with Gasteiger partial charge in [-0.2, -0.15) is 0 Å². The highest BCUT2D eigenvalue weighted by Crippen LogP contribution is 2.28. The van der Waals surface area contributed by atoms with Gasteiger partial charge in [0.05, 0.1) is 5.52 Å². The van der Waals surface area contributed by atoms with Crippen LogP contribution >= 0.6 is 15.9 Å². The minimum absolute atomic E-state index is 0.762. The Kier molecular flexibility index (Phi) is 2.67. The number of benzene rings is 1. The van der Waals surface area contributed by atoms with Crippen molar-refractivity contribution in [1.82, 2.24) is 15.0 Å². The van der Waals surface area contributed by atoms with E-state index in [0.717, 1.165) is 32.7 Å². The van der Waals surface area contributed by atoms with Crippen LogP contribution in [0.2, 0.25) is 0 Å². The van der Waals surface area contributed by atoms with Crippen molar-refractivity contribution in [3.05, 3.63) is 46.1 Å². The highest BCUT2D eigenvalue weighted by molar-refractivity contribution is 9.10. The van der Waals surface area contributed by atoms with Crippen LogP contribution in [0.5, 0.6) is 0 Å². The van der Waals surface area contributed by atoms with Crippen LogP contribution in [0, 0.1) is 13.8 Å². The highest BCUT2D eigenvalue weighted by Gasteiger charge is 2.09. The summed E-state index contributed by atoms with van der Waals surface area (Å²) in [5, 5.41) is 0. The molecule has 0 saturated carbocycles. The van der Waals surface area contributed by atoms with Gasteiger partial charge in [0.2, 0.25) is 0 Å². The first kappa shape index (κ1) is 11.4. The molecule has 0 saturated heterocycles. The molecule has 0 aliphatic heterocycles. The Labute approximate surface area is 113 Å². The maximum absolute atomic E-state index is 4.55. The summed E-state index contributed by atoms with van der Waals surface area (Å²) >= 11 is 3.56. The maximum Gasteiger partial charge on any atom is 0.178 e. The lowest BCUT2D eigenvalue weighted by Gasteiger charge is -2.01.